The molecule has 0 amide bonds. The molecule has 0 bridgehead atoms. The number of rotatable bonds is 4. The Morgan fingerprint density at radius 2 is 1.75 bits per heavy atom. The minimum absolute atomic E-state index is 0.0115. The highest BCUT2D eigenvalue weighted by Crippen LogP contribution is 2.20. The Hall–Kier alpha value is -1.52. The maximum Gasteiger partial charge on any atom is 0.159 e. The van der Waals surface area contributed by atoms with Crippen LogP contribution in [0.2, 0.25) is 5.02 Å². The molecule has 0 aliphatic carbocycles. The predicted octanol–water partition coefficient (Wildman–Crippen LogP) is 3.90. The highest BCUT2D eigenvalue weighted by Gasteiger charge is 2.13. The smallest absolute Gasteiger partial charge is 0.159 e. The van der Waals surface area contributed by atoms with Crippen LogP contribution in [0.5, 0.6) is 0 Å². The van der Waals surface area contributed by atoms with Crippen molar-refractivity contribution in [1.82, 2.24) is 0 Å². The molecule has 1 N–H and O–H groups in total. The van der Waals surface area contributed by atoms with Crippen LogP contribution < -0.4 is 0 Å². The van der Waals surface area contributed by atoms with Crippen LogP contribution >= 0.6 is 11.6 Å². The van der Waals surface area contributed by atoms with E-state index in [-0.39, 0.29) is 23.4 Å². The fourth-order valence-electron chi connectivity index (χ4n) is 1.97. The molecule has 5 heteroatoms. The van der Waals surface area contributed by atoms with Crippen LogP contribution in [0.15, 0.2) is 36.4 Å². The van der Waals surface area contributed by atoms with Gasteiger partial charge in [-0.2, -0.15) is 0 Å². The van der Waals surface area contributed by atoms with Gasteiger partial charge in [0.2, 0.25) is 0 Å². The van der Waals surface area contributed by atoms with Gasteiger partial charge in [0.05, 0.1) is 11.1 Å². The first-order valence-corrected chi connectivity index (χ1v) is 6.40. The van der Waals surface area contributed by atoms with Crippen LogP contribution in [0, 0.1) is 17.5 Å². The Balaban J connectivity index is 2.07. The van der Waals surface area contributed by atoms with E-state index in [9.17, 15) is 18.3 Å². The molecule has 1 atom stereocenters. The molecule has 0 saturated heterocycles. The van der Waals surface area contributed by atoms with Gasteiger partial charge in [-0.3, -0.25) is 0 Å². The first kappa shape index (κ1) is 14.9. The van der Waals surface area contributed by atoms with Gasteiger partial charge < -0.3 is 5.11 Å². The lowest BCUT2D eigenvalue weighted by atomic mass is 10.0. The third kappa shape index (κ3) is 3.52. The average molecular weight is 301 g/mol. The molecule has 20 heavy (non-hydrogen) atoms. The van der Waals surface area contributed by atoms with Gasteiger partial charge in [0.25, 0.3) is 0 Å². The van der Waals surface area contributed by atoms with Crippen LogP contribution in [-0.2, 0) is 12.8 Å². The van der Waals surface area contributed by atoms with Gasteiger partial charge in [-0.15, -0.1) is 0 Å². The summed E-state index contributed by atoms with van der Waals surface area (Å²) in [6.07, 6.45) is -0.762. The maximum atomic E-state index is 13.7. The summed E-state index contributed by atoms with van der Waals surface area (Å²) in [6, 6.07) is 7.93. The Labute approximate surface area is 119 Å². The van der Waals surface area contributed by atoms with E-state index in [1.54, 1.807) is 6.07 Å². The molecule has 0 saturated carbocycles. The zero-order chi connectivity index (χ0) is 14.7. The fraction of sp³-hybridized carbons (Fsp3) is 0.200. The Morgan fingerprint density at radius 1 is 1.00 bits per heavy atom. The number of benzene rings is 2. The molecule has 0 radical (unpaired) electrons. The van der Waals surface area contributed by atoms with Crippen molar-refractivity contribution in [3.05, 3.63) is 70.0 Å². The molecule has 2 aromatic carbocycles. The highest BCUT2D eigenvalue weighted by atomic mass is 35.5. The fourth-order valence-corrected chi connectivity index (χ4v) is 2.16. The van der Waals surface area contributed by atoms with Crippen molar-refractivity contribution in [2.24, 2.45) is 0 Å². The summed E-state index contributed by atoms with van der Waals surface area (Å²) in [6.45, 7) is 0. The molecule has 0 spiro atoms. The molecule has 2 rings (SSSR count). The second-order valence-corrected chi connectivity index (χ2v) is 4.93. The van der Waals surface area contributed by atoms with E-state index in [0.717, 1.165) is 12.1 Å². The summed E-state index contributed by atoms with van der Waals surface area (Å²) in [4.78, 5) is 0. The van der Waals surface area contributed by atoms with Gasteiger partial charge in [-0.1, -0.05) is 29.8 Å². The molecule has 0 aromatic heterocycles. The van der Waals surface area contributed by atoms with Gasteiger partial charge in [-0.05, 0) is 35.7 Å². The number of aliphatic hydroxyl groups is 1. The van der Waals surface area contributed by atoms with E-state index in [2.05, 4.69) is 0 Å². The van der Waals surface area contributed by atoms with Gasteiger partial charge in [-0.25, -0.2) is 13.2 Å². The van der Waals surface area contributed by atoms with E-state index < -0.39 is 23.6 Å². The Morgan fingerprint density at radius 3 is 2.45 bits per heavy atom. The standard InChI is InChI=1S/C15H12ClF3O/c16-12-3-1-2-10(15(12)19)8-11(20)6-9-4-5-13(17)14(18)7-9/h1-5,7,11,20H,6,8H2. The Kier molecular flexibility index (Phi) is 4.68. The summed E-state index contributed by atoms with van der Waals surface area (Å²) >= 11 is 5.65. The first-order chi connectivity index (χ1) is 9.47. The SMILES string of the molecule is OC(Cc1ccc(F)c(F)c1)Cc1cccc(Cl)c1F. The minimum Gasteiger partial charge on any atom is -0.392 e. The molecule has 106 valence electrons. The lowest BCUT2D eigenvalue weighted by molar-refractivity contribution is 0.174. The molecule has 0 fully saturated rings. The average Bonchev–Trinajstić information content (AvgIpc) is 2.39. The monoisotopic (exact) mass is 300 g/mol. The summed E-state index contributed by atoms with van der Waals surface area (Å²) in [5, 5.41) is 9.89. The highest BCUT2D eigenvalue weighted by molar-refractivity contribution is 6.30. The van der Waals surface area contributed by atoms with Crippen molar-refractivity contribution in [1.29, 1.82) is 0 Å². The zero-order valence-corrected chi connectivity index (χ0v) is 11.2. The van der Waals surface area contributed by atoms with E-state index in [1.165, 1.54) is 18.2 Å². The van der Waals surface area contributed by atoms with Gasteiger partial charge in [0.15, 0.2) is 11.6 Å². The van der Waals surface area contributed by atoms with Crippen molar-refractivity contribution < 1.29 is 18.3 Å². The van der Waals surface area contributed by atoms with E-state index in [0.29, 0.717) is 5.56 Å². The van der Waals surface area contributed by atoms with Crippen LogP contribution in [0.25, 0.3) is 0 Å². The van der Waals surface area contributed by atoms with E-state index >= 15 is 0 Å². The second kappa shape index (κ2) is 6.29. The zero-order valence-electron chi connectivity index (χ0n) is 10.4. The molecule has 0 heterocycles. The second-order valence-electron chi connectivity index (χ2n) is 4.52. The van der Waals surface area contributed by atoms with Crippen LogP contribution in [0.3, 0.4) is 0 Å². The summed E-state index contributed by atoms with van der Waals surface area (Å²) in [7, 11) is 0. The van der Waals surface area contributed by atoms with Crippen LogP contribution in [0.1, 0.15) is 11.1 Å². The van der Waals surface area contributed by atoms with Gasteiger partial charge in [0.1, 0.15) is 5.82 Å². The minimum atomic E-state index is -0.969. The van der Waals surface area contributed by atoms with Gasteiger partial charge in [0, 0.05) is 6.42 Å². The molecule has 2 aromatic rings. The normalized spacial score (nSPS) is 12.4. The molecule has 1 unspecified atom stereocenters. The predicted molar refractivity (Wildman–Crippen MR) is 71.2 cm³/mol. The molecular formula is C15H12ClF3O. The summed E-state index contributed by atoms with van der Waals surface area (Å²) in [5.41, 5.74) is 0.728. The van der Waals surface area contributed by atoms with Crippen LogP contribution in [0.4, 0.5) is 13.2 Å². The van der Waals surface area contributed by atoms with E-state index in [4.69, 9.17) is 11.6 Å². The van der Waals surface area contributed by atoms with E-state index in [1.807, 2.05) is 0 Å². The third-order valence-electron chi connectivity index (χ3n) is 2.94. The van der Waals surface area contributed by atoms with Crippen molar-refractivity contribution in [3.8, 4) is 0 Å². The molecule has 0 aliphatic rings. The lowest BCUT2D eigenvalue weighted by Gasteiger charge is -2.12. The largest absolute Gasteiger partial charge is 0.392 e. The van der Waals surface area contributed by atoms with Crippen molar-refractivity contribution >= 4 is 11.6 Å². The number of hydrogen-bond acceptors (Lipinski definition) is 1. The number of halogens is 4. The van der Waals surface area contributed by atoms with Gasteiger partial charge >= 0.3 is 0 Å². The first-order valence-electron chi connectivity index (χ1n) is 6.02. The number of hydrogen-bond donors (Lipinski definition) is 1. The molecule has 0 aliphatic heterocycles. The molecular weight excluding hydrogens is 289 g/mol. The number of aliphatic hydroxyl groups excluding tert-OH is 1. The quantitative estimate of drug-likeness (QED) is 0.908. The maximum absolute atomic E-state index is 13.7. The molecule has 1 nitrogen and oxygen atoms in total. The van der Waals surface area contributed by atoms with Crippen molar-refractivity contribution in [2.75, 3.05) is 0 Å². The van der Waals surface area contributed by atoms with Crippen molar-refractivity contribution in [3.63, 3.8) is 0 Å². The topological polar surface area (TPSA) is 20.2 Å². The van der Waals surface area contributed by atoms with Crippen LogP contribution in [-0.4, -0.2) is 11.2 Å². The summed E-state index contributed by atoms with van der Waals surface area (Å²) < 4.78 is 39.5. The summed E-state index contributed by atoms with van der Waals surface area (Å²) in [5.74, 6) is -2.48. The Bertz CT molecular complexity index is 616. The van der Waals surface area contributed by atoms with Crippen molar-refractivity contribution in [2.45, 2.75) is 18.9 Å². The third-order valence-corrected chi connectivity index (χ3v) is 3.23. The lowest BCUT2D eigenvalue weighted by Crippen LogP contribution is -2.15.